The van der Waals surface area contributed by atoms with E-state index in [1.54, 1.807) is 18.2 Å². The first-order valence-electron chi connectivity index (χ1n) is 14.3. The highest BCUT2D eigenvalue weighted by Gasteiger charge is 2.21. The predicted octanol–water partition coefficient (Wildman–Crippen LogP) is 4.20. The third kappa shape index (κ3) is 9.67. The van der Waals surface area contributed by atoms with E-state index < -0.39 is 97.4 Å². The smallest absolute Gasteiger partial charge is 0.337 e. The fourth-order valence-electron chi connectivity index (χ4n) is 4.26. The third-order valence-electron chi connectivity index (χ3n) is 6.69. The first-order valence-corrected chi connectivity index (χ1v) is 18.6. The van der Waals surface area contributed by atoms with Gasteiger partial charge in [-0.2, -0.15) is 49.7 Å². The van der Waals surface area contributed by atoms with Crippen molar-refractivity contribution >= 4 is 76.8 Å². The summed E-state index contributed by atoms with van der Waals surface area (Å²) in [5, 5.41) is 37.2. The molecule has 0 saturated heterocycles. The van der Waals surface area contributed by atoms with Crippen LogP contribution in [-0.4, -0.2) is 75.9 Å². The molecule has 0 aliphatic carbocycles. The van der Waals surface area contributed by atoms with E-state index in [9.17, 15) is 58.3 Å². The van der Waals surface area contributed by atoms with Gasteiger partial charge in [-0.05, 0) is 48.5 Å². The van der Waals surface area contributed by atoms with Crippen molar-refractivity contribution in [2.75, 3.05) is 16.1 Å². The molecule has 5 rings (SSSR count). The Bertz CT molecular complexity index is 2680. The molecule has 25 heteroatoms. The van der Waals surface area contributed by atoms with Crippen LogP contribution in [0.25, 0.3) is 0 Å². The monoisotopic (exact) mass is 803 g/mol. The van der Waals surface area contributed by atoms with E-state index in [-0.39, 0.29) is 17.1 Å². The second-order valence-electron chi connectivity index (χ2n) is 10.4. The van der Waals surface area contributed by atoms with Crippen LogP contribution in [0.2, 0.25) is 0 Å². The predicted molar refractivity (Wildman–Crippen MR) is 185 cm³/mol. The number of aromatic hydroxyl groups is 1. The number of benzene rings is 4. The molecule has 0 amide bonds. The standard InChI is InChI=1S/C29H22FN9O12S3/c30-27-33-28(31-16-7-4-8-17(11-16)52(43,44)45)35-29(34-27)32-22-13-19(54(49,50)51)14-23(24(22)40)37-39-25(15-5-2-1-3-6-15)38-36-21-12-18(53(46,47)48)9-10-20(21)26(41)42/h1-14,37,40H,(H,41,42)(H,43,44,45)(H,46,47,48)(H,49,50,51)(H2,31,32,33,34,35)/b38-36?,39-25-. The number of hydrogen-bond donors (Lipinski definition) is 8. The van der Waals surface area contributed by atoms with E-state index in [1.807, 2.05) is 0 Å². The first kappa shape index (κ1) is 38.7. The largest absolute Gasteiger partial charge is 0.504 e. The number of nitrogens with zero attached hydrogens (tertiary/aromatic N) is 6. The van der Waals surface area contributed by atoms with Gasteiger partial charge in [0.05, 0.1) is 25.9 Å². The molecule has 0 atom stereocenters. The Labute approximate surface area is 303 Å². The normalized spacial score (nSPS) is 12.4. The van der Waals surface area contributed by atoms with Crippen LogP contribution in [0.3, 0.4) is 0 Å². The van der Waals surface area contributed by atoms with Gasteiger partial charge in [-0.1, -0.05) is 36.4 Å². The number of azo groups is 1. The minimum absolute atomic E-state index is 0.0149. The van der Waals surface area contributed by atoms with Gasteiger partial charge in [0.1, 0.15) is 11.4 Å². The SMILES string of the molecule is O=C(O)c1ccc(S(=O)(=O)O)cc1N=N/C(=N\Nc1cc(S(=O)(=O)O)cc(Nc2nc(F)nc(Nc3cccc(S(=O)(=O)O)c3)n2)c1O)c1ccccc1. The number of aromatic carboxylic acids is 1. The maximum absolute atomic E-state index is 14.5. The lowest BCUT2D eigenvalue weighted by molar-refractivity contribution is 0.0697. The van der Waals surface area contributed by atoms with E-state index in [4.69, 9.17) is 0 Å². The van der Waals surface area contributed by atoms with Crippen LogP contribution in [0.15, 0.2) is 115 Å². The number of carbonyl (C=O) groups is 1. The van der Waals surface area contributed by atoms with Gasteiger partial charge in [-0.3, -0.25) is 19.1 Å². The van der Waals surface area contributed by atoms with Gasteiger partial charge in [0.25, 0.3) is 30.4 Å². The van der Waals surface area contributed by atoms with Crippen LogP contribution in [0.1, 0.15) is 15.9 Å². The van der Waals surface area contributed by atoms with Crippen LogP contribution in [0, 0.1) is 6.08 Å². The van der Waals surface area contributed by atoms with Crippen molar-refractivity contribution in [1.29, 1.82) is 0 Å². The zero-order chi connectivity index (χ0) is 39.4. The number of carboxylic acids is 1. The highest BCUT2D eigenvalue weighted by atomic mass is 32.2. The molecule has 21 nitrogen and oxygen atoms in total. The summed E-state index contributed by atoms with van der Waals surface area (Å²) in [6.07, 6.45) is -1.40. The lowest BCUT2D eigenvalue weighted by atomic mass is 10.2. The fraction of sp³-hybridized carbons (Fsp3) is 0. The first-order chi connectivity index (χ1) is 25.3. The molecule has 54 heavy (non-hydrogen) atoms. The van der Waals surface area contributed by atoms with Crippen LogP contribution in [0.4, 0.5) is 39.0 Å². The number of hydrazone groups is 1. The van der Waals surface area contributed by atoms with Crippen molar-refractivity contribution in [2.45, 2.75) is 14.7 Å². The molecule has 0 saturated carbocycles. The number of phenols is 1. The molecular weight excluding hydrogens is 782 g/mol. The summed E-state index contributed by atoms with van der Waals surface area (Å²) >= 11 is 0. The summed E-state index contributed by atoms with van der Waals surface area (Å²) in [7, 11) is -14.4. The Balaban J connectivity index is 1.53. The Hall–Kier alpha value is -6.51. The molecule has 0 radical (unpaired) electrons. The Morgan fingerprint density at radius 3 is 1.93 bits per heavy atom. The molecule has 0 aliphatic heterocycles. The maximum Gasteiger partial charge on any atom is 0.337 e. The van der Waals surface area contributed by atoms with Crippen molar-refractivity contribution in [3.05, 3.63) is 102 Å². The van der Waals surface area contributed by atoms with Gasteiger partial charge in [0.2, 0.25) is 17.7 Å². The summed E-state index contributed by atoms with van der Waals surface area (Å²) in [4.78, 5) is 20.5. The Morgan fingerprint density at radius 1 is 0.685 bits per heavy atom. The molecule has 1 heterocycles. The lowest BCUT2D eigenvalue weighted by Crippen LogP contribution is -2.08. The van der Waals surface area contributed by atoms with E-state index >= 15 is 0 Å². The molecule has 4 aromatic carbocycles. The van der Waals surface area contributed by atoms with Crippen LogP contribution in [0.5, 0.6) is 5.75 Å². The lowest BCUT2D eigenvalue weighted by Gasteiger charge is -2.13. The number of nitrogens with one attached hydrogen (secondary N) is 3. The summed E-state index contributed by atoms with van der Waals surface area (Å²) in [5.74, 6) is -3.86. The molecule has 8 N–H and O–H groups in total. The van der Waals surface area contributed by atoms with E-state index in [0.29, 0.717) is 0 Å². The molecular formula is C29H22FN9O12S3. The summed E-state index contributed by atoms with van der Waals surface area (Å²) in [6.45, 7) is 0. The van der Waals surface area contributed by atoms with Crippen molar-refractivity contribution < 1.29 is 58.3 Å². The highest BCUT2D eigenvalue weighted by molar-refractivity contribution is 7.86. The number of amidine groups is 1. The van der Waals surface area contributed by atoms with E-state index in [0.717, 1.165) is 42.5 Å². The minimum atomic E-state index is -5.01. The minimum Gasteiger partial charge on any atom is -0.504 e. The number of anilines is 5. The summed E-state index contributed by atoms with van der Waals surface area (Å²) in [5.41, 5.74) is 0.400. The molecule has 0 unspecified atom stereocenters. The van der Waals surface area contributed by atoms with E-state index in [1.165, 1.54) is 24.3 Å². The molecule has 1 aromatic heterocycles. The van der Waals surface area contributed by atoms with Crippen molar-refractivity contribution in [2.24, 2.45) is 15.3 Å². The second kappa shape index (κ2) is 15.2. The summed E-state index contributed by atoms with van der Waals surface area (Å²) in [6, 6.07) is 16.2. The highest BCUT2D eigenvalue weighted by Crippen LogP contribution is 2.37. The fourth-order valence-corrected chi connectivity index (χ4v) is 5.83. The van der Waals surface area contributed by atoms with Crippen LogP contribution < -0.4 is 16.1 Å². The second-order valence-corrected chi connectivity index (χ2v) is 14.7. The average molecular weight is 804 g/mol. The molecule has 280 valence electrons. The molecule has 0 bridgehead atoms. The van der Waals surface area contributed by atoms with Crippen molar-refractivity contribution in [3.63, 3.8) is 0 Å². The molecule has 0 fully saturated rings. The van der Waals surface area contributed by atoms with Crippen molar-refractivity contribution in [1.82, 2.24) is 15.0 Å². The number of carboxylic acid groups (broad SMARTS) is 1. The summed E-state index contributed by atoms with van der Waals surface area (Å²) < 4.78 is 114. The van der Waals surface area contributed by atoms with Crippen LogP contribution in [-0.2, 0) is 30.4 Å². The quantitative estimate of drug-likeness (QED) is 0.0219. The number of phenolic OH excluding ortho intramolecular Hbond substituents is 1. The molecule has 5 aromatic rings. The molecule has 0 aliphatic rings. The van der Waals surface area contributed by atoms with Gasteiger partial charge in [0, 0.05) is 11.3 Å². The van der Waals surface area contributed by atoms with Crippen LogP contribution >= 0.6 is 0 Å². The number of halogens is 1. The van der Waals surface area contributed by atoms with E-state index in [2.05, 4.69) is 46.3 Å². The zero-order valence-electron chi connectivity index (χ0n) is 26.5. The van der Waals surface area contributed by atoms with Gasteiger partial charge in [0.15, 0.2) is 5.75 Å². The molecule has 0 spiro atoms. The van der Waals surface area contributed by atoms with Gasteiger partial charge < -0.3 is 20.8 Å². The topological polar surface area (TPSA) is 332 Å². The van der Waals surface area contributed by atoms with Gasteiger partial charge in [-0.15, -0.1) is 10.2 Å². The Kier molecular flexibility index (Phi) is 10.9. The van der Waals surface area contributed by atoms with Gasteiger partial charge in [-0.25, -0.2) is 4.79 Å². The average Bonchev–Trinajstić information content (AvgIpc) is 3.08. The Morgan fingerprint density at radius 2 is 1.30 bits per heavy atom. The number of hydrogen-bond acceptors (Lipinski definition) is 16. The maximum atomic E-state index is 14.5. The number of rotatable bonds is 12. The van der Waals surface area contributed by atoms with Crippen molar-refractivity contribution in [3.8, 4) is 5.75 Å². The van der Waals surface area contributed by atoms with Gasteiger partial charge >= 0.3 is 12.0 Å². The zero-order valence-corrected chi connectivity index (χ0v) is 28.9. The third-order valence-corrected chi connectivity index (χ3v) is 9.22. The number of aromatic nitrogens is 3.